The summed E-state index contributed by atoms with van der Waals surface area (Å²) >= 11 is 1.88. The van der Waals surface area contributed by atoms with Crippen LogP contribution in [0, 0.1) is 0 Å². The maximum absolute atomic E-state index is 3.89. The van der Waals surface area contributed by atoms with Gasteiger partial charge in [-0.05, 0) is 50.1 Å². The molecule has 0 saturated carbocycles. The van der Waals surface area contributed by atoms with Crippen LogP contribution >= 0.6 is 11.8 Å². The predicted octanol–water partition coefficient (Wildman–Crippen LogP) is 2.90. The van der Waals surface area contributed by atoms with Gasteiger partial charge in [-0.15, -0.1) is 11.8 Å². The molecular weight excluding hydrogens is 178 g/mol. The molecule has 1 atom stereocenters. The summed E-state index contributed by atoms with van der Waals surface area (Å²) in [6.45, 7) is 3.89. The third-order valence-electron chi connectivity index (χ3n) is 2.74. The highest BCUT2D eigenvalue weighted by Crippen LogP contribution is 2.33. The molecule has 1 rings (SSSR count). The molecule has 0 aliphatic heterocycles. The molecule has 2 heteroatoms. The van der Waals surface area contributed by atoms with Crippen molar-refractivity contribution in [3.63, 3.8) is 0 Å². The summed E-state index contributed by atoms with van der Waals surface area (Å²) in [6.07, 6.45) is 7.88. The van der Waals surface area contributed by atoms with Gasteiger partial charge in [-0.1, -0.05) is 12.7 Å². The van der Waals surface area contributed by atoms with Crippen LogP contribution in [0.5, 0.6) is 0 Å². The second kappa shape index (κ2) is 4.87. The van der Waals surface area contributed by atoms with Gasteiger partial charge in [0.05, 0.1) is 0 Å². The lowest BCUT2D eigenvalue weighted by atomic mass is 9.94. The number of rotatable bonds is 3. The molecule has 1 aliphatic rings. The first-order valence-corrected chi connectivity index (χ1v) is 5.96. The molecule has 0 bridgehead atoms. The standard InChI is InChI=1S/C11H19NS/c1-5-9-8-10(12(2)3)6-7-11(9)13-4/h5,10H,1,6-8H2,2-4H3. The summed E-state index contributed by atoms with van der Waals surface area (Å²) in [5, 5.41) is 0. The molecule has 0 aromatic heterocycles. The highest BCUT2D eigenvalue weighted by atomic mass is 32.2. The molecule has 0 spiro atoms. The van der Waals surface area contributed by atoms with E-state index in [4.69, 9.17) is 0 Å². The SMILES string of the molecule is C=CC1=C(SC)CCC(N(C)C)C1. The van der Waals surface area contributed by atoms with E-state index in [0.29, 0.717) is 6.04 Å². The summed E-state index contributed by atoms with van der Waals surface area (Å²) in [7, 11) is 4.32. The Labute approximate surface area is 85.9 Å². The number of allylic oxidation sites excluding steroid dienone is 2. The molecule has 1 unspecified atom stereocenters. The van der Waals surface area contributed by atoms with Crippen molar-refractivity contribution >= 4 is 11.8 Å². The van der Waals surface area contributed by atoms with Gasteiger partial charge in [-0.25, -0.2) is 0 Å². The van der Waals surface area contributed by atoms with E-state index in [9.17, 15) is 0 Å². The van der Waals surface area contributed by atoms with Gasteiger partial charge in [0.25, 0.3) is 0 Å². The quantitative estimate of drug-likeness (QED) is 0.684. The minimum absolute atomic E-state index is 0.712. The fourth-order valence-electron chi connectivity index (χ4n) is 1.80. The molecule has 0 amide bonds. The Bertz CT molecular complexity index is 218. The Morgan fingerprint density at radius 3 is 2.69 bits per heavy atom. The minimum atomic E-state index is 0.712. The smallest absolute Gasteiger partial charge is 0.0133 e. The van der Waals surface area contributed by atoms with Crippen LogP contribution in [0.2, 0.25) is 0 Å². The summed E-state index contributed by atoms with van der Waals surface area (Å²) in [5.41, 5.74) is 1.46. The summed E-state index contributed by atoms with van der Waals surface area (Å²) in [5.74, 6) is 0. The Kier molecular flexibility index (Phi) is 4.07. The monoisotopic (exact) mass is 197 g/mol. The molecule has 13 heavy (non-hydrogen) atoms. The van der Waals surface area contributed by atoms with Crippen LogP contribution in [-0.4, -0.2) is 31.3 Å². The Morgan fingerprint density at radius 2 is 2.23 bits per heavy atom. The number of hydrogen-bond acceptors (Lipinski definition) is 2. The zero-order chi connectivity index (χ0) is 9.84. The van der Waals surface area contributed by atoms with E-state index in [2.05, 4.69) is 31.8 Å². The van der Waals surface area contributed by atoms with Gasteiger partial charge in [0.1, 0.15) is 0 Å². The van der Waals surface area contributed by atoms with Crippen LogP contribution in [0.15, 0.2) is 23.1 Å². The molecule has 0 aromatic carbocycles. The first-order valence-electron chi connectivity index (χ1n) is 4.74. The lowest BCUT2D eigenvalue weighted by Crippen LogP contribution is -2.30. The fraction of sp³-hybridized carbons (Fsp3) is 0.636. The third-order valence-corrected chi connectivity index (χ3v) is 3.70. The van der Waals surface area contributed by atoms with Crippen LogP contribution in [-0.2, 0) is 0 Å². The van der Waals surface area contributed by atoms with Crippen molar-refractivity contribution in [3.05, 3.63) is 23.1 Å². The zero-order valence-corrected chi connectivity index (χ0v) is 9.66. The van der Waals surface area contributed by atoms with Gasteiger partial charge in [0.2, 0.25) is 0 Å². The van der Waals surface area contributed by atoms with E-state index in [0.717, 1.165) is 0 Å². The maximum Gasteiger partial charge on any atom is 0.0133 e. The van der Waals surface area contributed by atoms with Gasteiger partial charge in [0, 0.05) is 6.04 Å². The van der Waals surface area contributed by atoms with Crippen molar-refractivity contribution in [1.82, 2.24) is 4.90 Å². The molecular formula is C11H19NS. The summed E-state index contributed by atoms with van der Waals surface area (Å²) in [4.78, 5) is 3.86. The molecule has 74 valence electrons. The summed E-state index contributed by atoms with van der Waals surface area (Å²) in [6, 6.07) is 0.712. The molecule has 0 fully saturated rings. The minimum Gasteiger partial charge on any atom is -0.306 e. The van der Waals surface area contributed by atoms with E-state index in [1.165, 1.54) is 29.7 Å². The second-order valence-electron chi connectivity index (χ2n) is 3.72. The van der Waals surface area contributed by atoms with Crippen molar-refractivity contribution in [1.29, 1.82) is 0 Å². The number of hydrogen-bond donors (Lipinski definition) is 0. The van der Waals surface area contributed by atoms with E-state index in [-0.39, 0.29) is 0 Å². The van der Waals surface area contributed by atoms with Gasteiger partial charge in [-0.2, -0.15) is 0 Å². The average molecular weight is 197 g/mol. The van der Waals surface area contributed by atoms with Crippen molar-refractivity contribution in [2.45, 2.75) is 25.3 Å². The van der Waals surface area contributed by atoms with Crippen molar-refractivity contribution in [2.75, 3.05) is 20.4 Å². The van der Waals surface area contributed by atoms with E-state index in [1.54, 1.807) is 0 Å². The molecule has 0 N–H and O–H groups in total. The molecule has 1 nitrogen and oxygen atoms in total. The van der Waals surface area contributed by atoms with E-state index < -0.39 is 0 Å². The Balaban J connectivity index is 2.72. The Morgan fingerprint density at radius 1 is 1.54 bits per heavy atom. The number of thioether (sulfide) groups is 1. The lowest BCUT2D eigenvalue weighted by molar-refractivity contribution is 0.271. The van der Waals surface area contributed by atoms with E-state index in [1.807, 2.05) is 17.8 Å². The first kappa shape index (κ1) is 10.9. The molecule has 1 aliphatic carbocycles. The fourth-order valence-corrected chi connectivity index (χ4v) is 2.55. The largest absolute Gasteiger partial charge is 0.306 e. The average Bonchev–Trinajstić information content (AvgIpc) is 2.16. The number of nitrogens with zero attached hydrogens (tertiary/aromatic N) is 1. The Hall–Kier alpha value is -0.210. The topological polar surface area (TPSA) is 3.24 Å². The summed E-state index contributed by atoms with van der Waals surface area (Å²) < 4.78 is 0. The van der Waals surface area contributed by atoms with Crippen LogP contribution in [0.1, 0.15) is 19.3 Å². The molecule has 0 saturated heterocycles. The normalized spacial score (nSPS) is 23.8. The van der Waals surface area contributed by atoms with Crippen LogP contribution < -0.4 is 0 Å². The molecule has 0 heterocycles. The lowest BCUT2D eigenvalue weighted by Gasteiger charge is -2.30. The van der Waals surface area contributed by atoms with Crippen LogP contribution in [0.25, 0.3) is 0 Å². The van der Waals surface area contributed by atoms with Gasteiger partial charge >= 0.3 is 0 Å². The van der Waals surface area contributed by atoms with Crippen molar-refractivity contribution < 1.29 is 0 Å². The highest BCUT2D eigenvalue weighted by Gasteiger charge is 2.20. The van der Waals surface area contributed by atoms with E-state index >= 15 is 0 Å². The third kappa shape index (κ3) is 2.61. The van der Waals surface area contributed by atoms with Gasteiger partial charge in [-0.3, -0.25) is 0 Å². The zero-order valence-electron chi connectivity index (χ0n) is 8.84. The van der Waals surface area contributed by atoms with Crippen molar-refractivity contribution in [2.24, 2.45) is 0 Å². The van der Waals surface area contributed by atoms with Crippen LogP contribution in [0.4, 0.5) is 0 Å². The molecule has 0 radical (unpaired) electrons. The second-order valence-corrected chi connectivity index (χ2v) is 4.62. The van der Waals surface area contributed by atoms with Crippen LogP contribution in [0.3, 0.4) is 0 Å². The highest BCUT2D eigenvalue weighted by molar-refractivity contribution is 8.02. The maximum atomic E-state index is 3.89. The van der Waals surface area contributed by atoms with Gasteiger partial charge < -0.3 is 4.90 Å². The first-order chi connectivity index (χ1) is 6.19. The van der Waals surface area contributed by atoms with Crippen molar-refractivity contribution in [3.8, 4) is 0 Å². The van der Waals surface area contributed by atoms with Gasteiger partial charge in [0.15, 0.2) is 0 Å². The molecule has 0 aromatic rings. The predicted molar refractivity (Wildman–Crippen MR) is 62.1 cm³/mol.